The normalized spacial score (nSPS) is 13.3. The van der Waals surface area contributed by atoms with E-state index in [1.807, 2.05) is 37.3 Å². The summed E-state index contributed by atoms with van der Waals surface area (Å²) in [6.45, 7) is 4.16. The first kappa shape index (κ1) is 18.2. The van der Waals surface area contributed by atoms with Crippen LogP contribution in [-0.2, 0) is 11.2 Å². The van der Waals surface area contributed by atoms with Gasteiger partial charge in [0, 0.05) is 12.5 Å². The molecule has 0 bridgehead atoms. The van der Waals surface area contributed by atoms with Crippen molar-refractivity contribution in [1.29, 1.82) is 0 Å². The number of carbonyl (C=O) groups excluding carboxylic acids is 1. The molecule has 0 saturated heterocycles. The summed E-state index contributed by atoms with van der Waals surface area (Å²) in [4.78, 5) is 12.6. The van der Waals surface area contributed by atoms with Crippen LogP contribution in [-0.4, -0.2) is 17.6 Å². The van der Waals surface area contributed by atoms with Crippen molar-refractivity contribution in [1.82, 2.24) is 5.32 Å². The molecule has 1 amide bonds. The molecule has 0 spiro atoms. The van der Waals surface area contributed by atoms with Crippen LogP contribution in [0.4, 0.5) is 0 Å². The lowest BCUT2D eigenvalue weighted by atomic mass is 9.97. The van der Waals surface area contributed by atoms with Crippen molar-refractivity contribution in [2.24, 2.45) is 5.92 Å². The fraction of sp³-hybridized carbons (Fsp3) is 0.381. The number of aliphatic hydroxyl groups excluding tert-OH is 1. The molecule has 0 aliphatic heterocycles. The third-order valence-corrected chi connectivity index (χ3v) is 4.28. The molecule has 3 heteroatoms. The number of nitrogens with one attached hydrogen (secondary N) is 1. The summed E-state index contributed by atoms with van der Waals surface area (Å²) in [6.07, 6.45) is 2.14. The zero-order valence-corrected chi connectivity index (χ0v) is 14.5. The summed E-state index contributed by atoms with van der Waals surface area (Å²) in [5, 5.41) is 12.3. The lowest BCUT2D eigenvalue weighted by molar-refractivity contribution is -0.125. The second kappa shape index (κ2) is 9.24. The monoisotopic (exact) mass is 325 g/mol. The van der Waals surface area contributed by atoms with Gasteiger partial charge >= 0.3 is 0 Å². The molecule has 2 atom stereocenters. The Balaban J connectivity index is 1.99. The molecule has 3 nitrogen and oxygen atoms in total. The van der Waals surface area contributed by atoms with E-state index >= 15 is 0 Å². The van der Waals surface area contributed by atoms with E-state index in [2.05, 4.69) is 36.5 Å². The second-order valence-corrected chi connectivity index (χ2v) is 6.43. The molecule has 0 heterocycles. The molecule has 0 aliphatic carbocycles. The van der Waals surface area contributed by atoms with Crippen molar-refractivity contribution in [3.05, 3.63) is 71.3 Å². The predicted octanol–water partition coefficient (Wildman–Crippen LogP) is 3.80. The van der Waals surface area contributed by atoms with E-state index in [1.54, 1.807) is 0 Å². The summed E-state index contributed by atoms with van der Waals surface area (Å²) >= 11 is 0. The van der Waals surface area contributed by atoms with Gasteiger partial charge in [-0.25, -0.2) is 0 Å². The van der Waals surface area contributed by atoms with Gasteiger partial charge in [0.05, 0.1) is 6.04 Å². The van der Waals surface area contributed by atoms with Gasteiger partial charge in [-0.15, -0.1) is 0 Å². The van der Waals surface area contributed by atoms with Crippen LogP contribution in [0.3, 0.4) is 0 Å². The third kappa shape index (κ3) is 5.50. The third-order valence-electron chi connectivity index (χ3n) is 4.28. The average Bonchev–Trinajstić information content (AvgIpc) is 2.61. The summed E-state index contributed by atoms with van der Waals surface area (Å²) in [6, 6.07) is 18.2. The highest BCUT2D eigenvalue weighted by atomic mass is 16.3. The van der Waals surface area contributed by atoms with Crippen molar-refractivity contribution in [2.45, 2.75) is 39.2 Å². The standard InChI is InChI=1S/C21H27NO2/c1-16-10-12-18(13-11-16)15-17(2)21(24)22-20(9-6-14-23)19-7-4-3-5-8-19/h3-5,7-8,10-13,17,20,23H,6,9,14-15H2,1-2H3,(H,22,24). The van der Waals surface area contributed by atoms with Gasteiger partial charge in [0.25, 0.3) is 0 Å². The van der Waals surface area contributed by atoms with Gasteiger partial charge in [-0.2, -0.15) is 0 Å². The molecule has 2 aromatic carbocycles. The molecule has 2 unspecified atom stereocenters. The minimum absolute atomic E-state index is 0.0497. The summed E-state index contributed by atoms with van der Waals surface area (Å²) in [5.74, 6) is -0.0320. The van der Waals surface area contributed by atoms with Crippen molar-refractivity contribution < 1.29 is 9.90 Å². The van der Waals surface area contributed by atoms with Crippen molar-refractivity contribution in [3.8, 4) is 0 Å². The first-order chi connectivity index (χ1) is 11.6. The van der Waals surface area contributed by atoms with Crippen LogP contribution in [0, 0.1) is 12.8 Å². The maximum Gasteiger partial charge on any atom is 0.223 e. The summed E-state index contributed by atoms with van der Waals surface area (Å²) in [5.41, 5.74) is 3.49. The highest BCUT2D eigenvalue weighted by molar-refractivity contribution is 5.79. The molecule has 0 saturated carbocycles. The first-order valence-electron chi connectivity index (χ1n) is 8.62. The quantitative estimate of drug-likeness (QED) is 0.775. The number of rotatable bonds is 8. The lowest BCUT2D eigenvalue weighted by Gasteiger charge is -2.21. The number of aryl methyl sites for hydroxylation is 1. The van der Waals surface area contributed by atoms with Gasteiger partial charge in [-0.3, -0.25) is 4.79 Å². The molecular formula is C21H27NO2. The number of aliphatic hydroxyl groups is 1. The minimum Gasteiger partial charge on any atom is -0.396 e. The van der Waals surface area contributed by atoms with Gasteiger partial charge in [-0.05, 0) is 37.3 Å². The molecule has 24 heavy (non-hydrogen) atoms. The van der Waals surface area contributed by atoms with Gasteiger partial charge in [0.15, 0.2) is 0 Å². The Bertz CT molecular complexity index is 622. The molecule has 0 radical (unpaired) electrons. The smallest absolute Gasteiger partial charge is 0.223 e. The van der Waals surface area contributed by atoms with Crippen molar-refractivity contribution in [3.63, 3.8) is 0 Å². The fourth-order valence-electron chi connectivity index (χ4n) is 2.79. The van der Waals surface area contributed by atoms with Gasteiger partial charge in [0.1, 0.15) is 0 Å². The lowest BCUT2D eigenvalue weighted by Crippen LogP contribution is -2.34. The van der Waals surface area contributed by atoms with Gasteiger partial charge in [0.2, 0.25) is 5.91 Å². The highest BCUT2D eigenvalue weighted by Crippen LogP contribution is 2.19. The zero-order valence-electron chi connectivity index (χ0n) is 14.5. The van der Waals surface area contributed by atoms with Gasteiger partial charge < -0.3 is 10.4 Å². The van der Waals surface area contributed by atoms with Gasteiger partial charge in [-0.1, -0.05) is 67.1 Å². The van der Waals surface area contributed by atoms with E-state index in [0.717, 1.165) is 18.4 Å². The summed E-state index contributed by atoms with van der Waals surface area (Å²) in [7, 11) is 0. The van der Waals surface area contributed by atoms with Crippen LogP contribution in [0.1, 0.15) is 42.5 Å². The van der Waals surface area contributed by atoms with Crippen LogP contribution in [0.15, 0.2) is 54.6 Å². The molecule has 0 aromatic heterocycles. The van der Waals surface area contributed by atoms with Crippen LogP contribution in [0.5, 0.6) is 0 Å². The number of hydrogen-bond donors (Lipinski definition) is 2. The van der Waals surface area contributed by atoms with Crippen molar-refractivity contribution >= 4 is 5.91 Å². The maximum atomic E-state index is 12.6. The predicted molar refractivity (Wildman–Crippen MR) is 97.7 cm³/mol. The fourth-order valence-corrected chi connectivity index (χ4v) is 2.79. The molecule has 128 valence electrons. The number of carbonyl (C=O) groups is 1. The van der Waals surface area contributed by atoms with E-state index in [-0.39, 0.29) is 24.5 Å². The Morgan fingerprint density at radius 2 is 1.75 bits per heavy atom. The average molecular weight is 325 g/mol. The highest BCUT2D eigenvalue weighted by Gasteiger charge is 2.19. The molecule has 0 fully saturated rings. The SMILES string of the molecule is Cc1ccc(CC(C)C(=O)NC(CCCO)c2ccccc2)cc1. The minimum atomic E-state index is -0.0898. The van der Waals surface area contributed by atoms with E-state index in [1.165, 1.54) is 11.1 Å². The Morgan fingerprint density at radius 1 is 1.08 bits per heavy atom. The number of hydrogen-bond acceptors (Lipinski definition) is 2. The molecular weight excluding hydrogens is 298 g/mol. The number of benzene rings is 2. The van der Waals surface area contributed by atoms with Crippen LogP contribution < -0.4 is 5.32 Å². The Morgan fingerprint density at radius 3 is 2.38 bits per heavy atom. The second-order valence-electron chi connectivity index (χ2n) is 6.43. The maximum absolute atomic E-state index is 12.6. The van der Waals surface area contributed by atoms with E-state index in [0.29, 0.717) is 6.42 Å². The van der Waals surface area contributed by atoms with E-state index in [9.17, 15) is 4.79 Å². The first-order valence-corrected chi connectivity index (χ1v) is 8.62. The molecule has 2 aromatic rings. The summed E-state index contributed by atoms with van der Waals surface area (Å²) < 4.78 is 0. The Kier molecular flexibility index (Phi) is 7.01. The van der Waals surface area contributed by atoms with E-state index in [4.69, 9.17) is 5.11 Å². The Hall–Kier alpha value is -2.13. The molecule has 2 rings (SSSR count). The molecule has 2 N–H and O–H groups in total. The largest absolute Gasteiger partial charge is 0.396 e. The topological polar surface area (TPSA) is 49.3 Å². The van der Waals surface area contributed by atoms with Crippen LogP contribution >= 0.6 is 0 Å². The van der Waals surface area contributed by atoms with Crippen LogP contribution in [0.25, 0.3) is 0 Å². The van der Waals surface area contributed by atoms with Crippen LogP contribution in [0.2, 0.25) is 0 Å². The Labute approximate surface area is 144 Å². The van der Waals surface area contributed by atoms with Crippen molar-refractivity contribution in [2.75, 3.05) is 6.61 Å². The zero-order chi connectivity index (χ0) is 17.4. The molecule has 0 aliphatic rings. The van der Waals surface area contributed by atoms with E-state index < -0.39 is 0 Å². The number of amides is 1.